The van der Waals surface area contributed by atoms with Crippen molar-refractivity contribution in [3.05, 3.63) is 35.4 Å². The number of nitrogens with zero attached hydrogens (tertiary/aromatic N) is 2. The van der Waals surface area contributed by atoms with Gasteiger partial charge >= 0.3 is 6.18 Å². The van der Waals surface area contributed by atoms with Crippen LogP contribution in [0.4, 0.5) is 13.2 Å². The predicted molar refractivity (Wildman–Crippen MR) is 67.1 cm³/mol. The maximum absolute atomic E-state index is 12.4. The molecule has 1 atom stereocenters. The van der Waals surface area contributed by atoms with E-state index in [9.17, 15) is 18.0 Å². The molecule has 1 unspecified atom stereocenters. The number of carbonyl (C=O) groups excluding carboxylic acids is 1. The molecule has 1 fully saturated rings. The number of ether oxygens (including phenoxy) is 1. The van der Waals surface area contributed by atoms with Gasteiger partial charge in [0.25, 0.3) is 0 Å². The Bertz CT molecular complexity index is 549. The van der Waals surface area contributed by atoms with Crippen molar-refractivity contribution in [2.75, 3.05) is 19.7 Å². The van der Waals surface area contributed by atoms with E-state index in [0.29, 0.717) is 12.1 Å². The van der Waals surface area contributed by atoms with Gasteiger partial charge in [0.1, 0.15) is 0 Å². The molecule has 0 saturated carbocycles. The first-order valence-corrected chi connectivity index (χ1v) is 6.35. The molecule has 21 heavy (non-hydrogen) atoms. The second-order valence-corrected chi connectivity index (χ2v) is 4.70. The van der Waals surface area contributed by atoms with Crippen LogP contribution in [0.25, 0.3) is 0 Å². The van der Waals surface area contributed by atoms with Crippen LogP contribution in [-0.4, -0.2) is 36.6 Å². The smallest absolute Gasteiger partial charge is 0.360 e. The molecule has 1 amide bonds. The van der Waals surface area contributed by atoms with Crippen LogP contribution < -0.4 is 0 Å². The Kier molecular flexibility index (Phi) is 4.48. The predicted octanol–water partition coefficient (Wildman–Crippen LogP) is 2.00. The van der Waals surface area contributed by atoms with E-state index in [4.69, 9.17) is 10.00 Å². The minimum atomic E-state index is -4.38. The minimum Gasteiger partial charge on any atom is -0.360 e. The fourth-order valence-corrected chi connectivity index (χ4v) is 2.05. The summed E-state index contributed by atoms with van der Waals surface area (Å²) in [6.45, 7) is 0.866. The summed E-state index contributed by atoms with van der Waals surface area (Å²) in [4.78, 5) is 13.5. The first-order valence-electron chi connectivity index (χ1n) is 6.35. The monoisotopic (exact) mass is 298 g/mol. The summed E-state index contributed by atoms with van der Waals surface area (Å²) in [5.41, 5.74) is -0.234. The first kappa shape index (κ1) is 15.3. The van der Waals surface area contributed by atoms with E-state index in [0.717, 1.165) is 12.1 Å². The van der Waals surface area contributed by atoms with Crippen molar-refractivity contribution in [1.29, 1.82) is 5.26 Å². The van der Waals surface area contributed by atoms with Crippen LogP contribution in [0.3, 0.4) is 0 Å². The van der Waals surface area contributed by atoms with Gasteiger partial charge in [-0.15, -0.1) is 0 Å². The molecule has 0 radical (unpaired) electrons. The van der Waals surface area contributed by atoms with Gasteiger partial charge in [0.05, 0.1) is 31.2 Å². The number of halogens is 3. The molecule has 1 aromatic rings. The Morgan fingerprint density at radius 2 is 2.05 bits per heavy atom. The molecule has 4 nitrogen and oxygen atoms in total. The number of hydrogen-bond donors (Lipinski definition) is 0. The van der Waals surface area contributed by atoms with Crippen molar-refractivity contribution in [2.24, 2.45) is 0 Å². The second kappa shape index (κ2) is 6.14. The number of hydrogen-bond acceptors (Lipinski definition) is 3. The number of morpholine rings is 1. The highest BCUT2D eigenvalue weighted by Crippen LogP contribution is 2.29. The molecule has 0 aromatic heterocycles. The van der Waals surface area contributed by atoms with E-state index in [1.807, 2.05) is 6.07 Å². The molecule has 1 aliphatic heterocycles. The quantitative estimate of drug-likeness (QED) is 0.839. The number of nitriles is 1. The maximum Gasteiger partial charge on any atom is 0.416 e. The van der Waals surface area contributed by atoms with Gasteiger partial charge in [0.15, 0.2) is 6.10 Å². The lowest BCUT2D eigenvalue weighted by Crippen LogP contribution is -2.45. The minimum absolute atomic E-state index is 0.0102. The van der Waals surface area contributed by atoms with Gasteiger partial charge in [-0.2, -0.15) is 18.4 Å². The molecule has 0 bridgehead atoms. The van der Waals surface area contributed by atoms with Crippen molar-refractivity contribution in [3.63, 3.8) is 0 Å². The molecule has 0 aliphatic carbocycles. The highest BCUT2D eigenvalue weighted by atomic mass is 19.4. The highest BCUT2D eigenvalue weighted by Gasteiger charge is 2.30. The SMILES string of the molecule is N#CC1CN(C(=O)Cc2ccc(C(F)(F)F)cc2)CCO1. The zero-order valence-corrected chi connectivity index (χ0v) is 11.1. The van der Waals surface area contributed by atoms with E-state index in [1.165, 1.54) is 17.0 Å². The third-order valence-electron chi connectivity index (χ3n) is 3.20. The Morgan fingerprint density at radius 3 is 2.62 bits per heavy atom. The van der Waals surface area contributed by atoms with Gasteiger partial charge in [-0.3, -0.25) is 4.79 Å². The molecule has 7 heteroatoms. The molecule has 2 rings (SSSR count). The Hall–Kier alpha value is -2.07. The summed E-state index contributed by atoms with van der Waals surface area (Å²) in [5.74, 6) is -0.224. The molecule has 1 aliphatic rings. The van der Waals surface area contributed by atoms with Gasteiger partial charge in [0, 0.05) is 6.54 Å². The van der Waals surface area contributed by atoms with E-state index in [2.05, 4.69) is 0 Å². The molecule has 1 saturated heterocycles. The number of alkyl halides is 3. The van der Waals surface area contributed by atoms with Crippen LogP contribution in [0.5, 0.6) is 0 Å². The summed E-state index contributed by atoms with van der Waals surface area (Å²) in [6.07, 6.45) is -5.02. The number of amides is 1. The molecule has 1 aromatic carbocycles. The lowest BCUT2D eigenvalue weighted by atomic mass is 10.1. The van der Waals surface area contributed by atoms with Gasteiger partial charge in [-0.25, -0.2) is 0 Å². The first-order chi connectivity index (χ1) is 9.90. The van der Waals surface area contributed by atoms with Crippen LogP contribution in [0.1, 0.15) is 11.1 Å². The summed E-state index contributed by atoms with van der Waals surface area (Å²) in [6, 6.07) is 6.44. The van der Waals surface area contributed by atoms with Crippen LogP contribution in [0.2, 0.25) is 0 Å². The van der Waals surface area contributed by atoms with E-state index < -0.39 is 17.8 Å². The van der Waals surface area contributed by atoms with Crippen LogP contribution in [0.15, 0.2) is 24.3 Å². The maximum atomic E-state index is 12.4. The number of carbonyl (C=O) groups is 1. The molecule has 0 N–H and O–H groups in total. The molecule has 1 heterocycles. The van der Waals surface area contributed by atoms with Gasteiger partial charge in [0.2, 0.25) is 5.91 Å². The average Bonchev–Trinajstić information content (AvgIpc) is 2.47. The van der Waals surface area contributed by atoms with Crippen molar-refractivity contribution in [3.8, 4) is 6.07 Å². The summed E-state index contributed by atoms with van der Waals surface area (Å²) in [5, 5.41) is 8.77. The van der Waals surface area contributed by atoms with E-state index >= 15 is 0 Å². The lowest BCUT2D eigenvalue weighted by Gasteiger charge is -2.29. The zero-order chi connectivity index (χ0) is 15.5. The van der Waals surface area contributed by atoms with Crippen molar-refractivity contribution >= 4 is 5.91 Å². The van der Waals surface area contributed by atoms with Crippen LogP contribution in [-0.2, 0) is 22.1 Å². The second-order valence-electron chi connectivity index (χ2n) is 4.70. The Balaban J connectivity index is 1.98. The molecule has 112 valence electrons. The fourth-order valence-electron chi connectivity index (χ4n) is 2.05. The van der Waals surface area contributed by atoms with E-state index in [-0.39, 0.29) is 25.5 Å². The third-order valence-corrected chi connectivity index (χ3v) is 3.20. The van der Waals surface area contributed by atoms with Crippen LogP contribution >= 0.6 is 0 Å². The standard InChI is InChI=1S/C14H13F3N2O2/c15-14(16,17)11-3-1-10(2-4-11)7-13(20)19-5-6-21-12(8-18)9-19/h1-4,12H,5-7,9H2. The summed E-state index contributed by atoms with van der Waals surface area (Å²) < 4.78 is 42.4. The van der Waals surface area contributed by atoms with E-state index in [1.54, 1.807) is 0 Å². The Labute approximate surface area is 119 Å². The van der Waals surface area contributed by atoms with Gasteiger partial charge in [-0.1, -0.05) is 12.1 Å². The summed E-state index contributed by atoms with van der Waals surface area (Å²) in [7, 11) is 0. The average molecular weight is 298 g/mol. The normalized spacial score (nSPS) is 19.1. The molecule has 0 spiro atoms. The highest BCUT2D eigenvalue weighted by molar-refractivity contribution is 5.79. The summed E-state index contributed by atoms with van der Waals surface area (Å²) >= 11 is 0. The lowest BCUT2D eigenvalue weighted by molar-refractivity contribution is -0.137. The Morgan fingerprint density at radius 1 is 1.38 bits per heavy atom. The third kappa shape index (κ3) is 3.95. The number of rotatable bonds is 2. The van der Waals surface area contributed by atoms with Gasteiger partial charge < -0.3 is 9.64 Å². The number of benzene rings is 1. The van der Waals surface area contributed by atoms with Crippen molar-refractivity contribution < 1.29 is 22.7 Å². The molecular formula is C14H13F3N2O2. The largest absolute Gasteiger partial charge is 0.416 e. The topological polar surface area (TPSA) is 53.3 Å². The van der Waals surface area contributed by atoms with Crippen LogP contribution in [0, 0.1) is 11.3 Å². The fraction of sp³-hybridized carbons (Fsp3) is 0.429. The van der Waals surface area contributed by atoms with Gasteiger partial charge in [-0.05, 0) is 17.7 Å². The molecular weight excluding hydrogens is 285 g/mol. The zero-order valence-electron chi connectivity index (χ0n) is 11.1. The van der Waals surface area contributed by atoms with Crippen molar-refractivity contribution in [1.82, 2.24) is 4.90 Å². The van der Waals surface area contributed by atoms with Crippen molar-refractivity contribution in [2.45, 2.75) is 18.7 Å².